The largest absolute Gasteiger partial charge is 0.224 e. The van der Waals surface area contributed by atoms with Gasteiger partial charge in [0, 0.05) is 13.1 Å². The van der Waals surface area contributed by atoms with Gasteiger partial charge in [0.2, 0.25) is 10.0 Å². The van der Waals surface area contributed by atoms with Crippen LogP contribution >= 0.6 is 15.9 Å². The Morgan fingerprint density at radius 3 is 2.77 bits per heavy atom. The number of sulfonamides is 1. The van der Waals surface area contributed by atoms with Crippen LogP contribution in [0, 0.1) is 5.92 Å². The summed E-state index contributed by atoms with van der Waals surface area (Å²) in [4.78, 5) is 0. The molecule has 1 atom stereocenters. The molecule has 0 aliphatic carbocycles. The van der Waals surface area contributed by atoms with Crippen molar-refractivity contribution in [2.45, 2.75) is 26.2 Å². The van der Waals surface area contributed by atoms with Gasteiger partial charge >= 0.3 is 0 Å². The topological polar surface area (TPSA) is 37.4 Å². The van der Waals surface area contributed by atoms with Gasteiger partial charge in [0.25, 0.3) is 0 Å². The highest BCUT2D eigenvalue weighted by Gasteiger charge is 2.29. The van der Waals surface area contributed by atoms with Crippen molar-refractivity contribution in [3.8, 4) is 0 Å². The summed E-state index contributed by atoms with van der Waals surface area (Å²) in [5.74, 6) is 0.582. The van der Waals surface area contributed by atoms with E-state index in [1.165, 1.54) is 0 Å². The average Bonchev–Trinajstić information content (AvgIpc) is 2.54. The SMILES string of the molecule is CCCC1CCN(S(=O)(=O)CBr)C1. The normalized spacial score (nSPS) is 25.2. The second-order valence-electron chi connectivity index (χ2n) is 3.52. The molecular weight excluding hydrogens is 254 g/mol. The fourth-order valence-corrected chi connectivity index (χ4v) is 3.59. The molecule has 5 heteroatoms. The standard InChI is InChI=1S/C8H16BrNO2S/c1-2-3-8-4-5-10(6-8)13(11,12)7-9/h8H,2-7H2,1H3. The van der Waals surface area contributed by atoms with E-state index >= 15 is 0 Å². The number of nitrogens with zero attached hydrogens (tertiary/aromatic N) is 1. The summed E-state index contributed by atoms with van der Waals surface area (Å²) in [7, 11) is -3.00. The van der Waals surface area contributed by atoms with Crippen molar-refractivity contribution in [3.05, 3.63) is 0 Å². The van der Waals surface area contributed by atoms with E-state index in [4.69, 9.17) is 0 Å². The van der Waals surface area contributed by atoms with E-state index in [0.29, 0.717) is 12.5 Å². The Morgan fingerprint density at radius 1 is 1.54 bits per heavy atom. The van der Waals surface area contributed by atoms with Crippen LogP contribution in [0.25, 0.3) is 0 Å². The Hall–Kier alpha value is 0.390. The van der Waals surface area contributed by atoms with Crippen molar-refractivity contribution >= 4 is 26.0 Å². The van der Waals surface area contributed by atoms with Crippen molar-refractivity contribution in [1.82, 2.24) is 4.31 Å². The average molecular weight is 270 g/mol. The maximum absolute atomic E-state index is 11.4. The molecule has 1 saturated heterocycles. The molecule has 1 aliphatic rings. The third kappa shape index (κ3) is 2.92. The maximum atomic E-state index is 11.4. The first-order valence-electron chi connectivity index (χ1n) is 4.64. The number of rotatable bonds is 4. The van der Waals surface area contributed by atoms with Crippen LogP contribution < -0.4 is 0 Å². The maximum Gasteiger partial charge on any atom is 0.224 e. The van der Waals surface area contributed by atoms with E-state index in [0.717, 1.165) is 25.8 Å². The molecule has 0 saturated carbocycles. The molecule has 0 aromatic rings. The zero-order valence-electron chi connectivity index (χ0n) is 7.87. The first-order valence-corrected chi connectivity index (χ1v) is 7.37. The van der Waals surface area contributed by atoms with Gasteiger partial charge in [-0.15, -0.1) is 0 Å². The lowest BCUT2D eigenvalue weighted by atomic mass is 10.0. The van der Waals surface area contributed by atoms with Crippen LogP contribution in [-0.4, -0.2) is 30.5 Å². The predicted octanol–water partition coefficient (Wildman–Crippen LogP) is 1.79. The van der Waals surface area contributed by atoms with E-state index < -0.39 is 10.0 Å². The molecule has 1 fully saturated rings. The molecule has 0 bridgehead atoms. The molecule has 1 rings (SSSR count). The second kappa shape index (κ2) is 4.75. The fourth-order valence-electron chi connectivity index (χ4n) is 1.76. The van der Waals surface area contributed by atoms with Gasteiger partial charge in [-0.3, -0.25) is 0 Å². The second-order valence-corrected chi connectivity index (χ2v) is 6.79. The quantitative estimate of drug-likeness (QED) is 0.730. The summed E-state index contributed by atoms with van der Waals surface area (Å²) in [6.07, 6.45) is 3.32. The van der Waals surface area contributed by atoms with Gasteiger partial charge in [-0.1, -0.05) is 29.3 Å². The van der Waals surface area contributed by atoms with E-state index in [-0.39, 0.29) is 4.66 Å². The molecule has 0 N–H and O–H groups in total. The van der Waals surface area contributed by atoms with Gasteiger partial charge in [0.1, 0.15) is 4.66 Å². The molecule has 1 unspecified atom stereocenters. The molecule has 1 heterocycles. The third-order valence-electron chi connectivity index (χ3n) is 2.48. The predicted molar refractivity (Wildman–Crippen MR) is 57.3 cm³/mol. The van der Waals surface area contributed by atoms with Crippen LogP contribution in [-0.2, 0) is 10.0 Å². The van der Waals surface area contributed by atoms with Crippen molar-refractivity contribution in [1.29, 1.82) is 0 Å². The zero-order chi connectivity index (χ0) is 9.90. The van der Waals surface area contributed by atoms with Crippen LogP contribution in [0.3, 0.4) is 0 Å². The first-order chi connectivity index (χ1) is 6.10. The number of halogens is 1. The lowest BCUT2D eigenvalue weighted by Gasteiger charge is -2.14. The van der Waals surface area contributed by atoms with Gasteiger partial charge in [0.05, 0.1) is 0 Å². The van der Waals surface area contributed by atoms with E-state index in [2.05, 4.69) is 22.9 Å². The number of hydrogen-bond donors (Lipinski definition) is 0. The summed E-state index contributed by atoms with van der Waals surface area (Å²) in [6, 6.07) is 0. The molecule has 1 aliphatic heterocycles. The summed E-state index contributed by atoms with van der Waals surface area (Å²) in [5, 5.41) is 0. The Balaban J connectivity index is 2.50. The highest BCUT2D eigenvalue weighted by molar-refractivity contribution is 9.10. The summed E-state index contributed by atoms with van der Waals surface area (Å²) >= 11 is 3.01. The molecule has 78 valence electrons. The monoisotopic (exact) mass is 269 g/mol. The van der Waals surface area contributed by atoms with Crippen LogP contribution in [0.15, 0.2) is 0 Å². The van der Waals surface area contributed by atoms with Gasteiger partial charge in [-0.05, 0) is 18.8 Å². The zero-order valence-corrected chi connectivity index (χ0v) is 10.3. The van der Waals surface area contributed by atoms with Crippen molar-refractivity contribution in [2.24, 2.45) is 5.92 Å². The first kappa shape index (κ1) is 11.5. The van der Waals surface area contributed by atoms with Crippen LogP contribution in [0.1, 0.15) is 26.2 Å². The minimum atomic E-state index is -3.00. The van der Waals surface area contributed by atoms with Crippen molar-refractivity contribution < 1.29 is 8.42 Å². The molecule has 0 spiro atoms. The van der Waals surface area contributed by atoms with E-state index in [9.17, 15) is 8.42 Å². The third-order valence-corrected chi connectivity index (χ3v) is 5.61. The fraction of sp³-hybridized carbons (Fsp3) is 1.00. The van der Waals surface area contributed by atoms with Gasteiger partial charge in [0.15, 0.2) is 0 Å². The molecule has 0 aromatic carbocycles. The molecule has 13 heavy (non-hydrogen) atoms. The lowest BCUT2D eigenvalue weighted by molar-refractivity contribution is 0.447. The molecular formula is C8H16BrNO2S. The Labute approximate surface area is 88.7 Å². The highest BCUT2D eigenvalue weighted by atomic mass is 79.9. The highest BCUT2D eigenvalue weighted by Crippen LogP contribution is 2.23. The van der Waals surface area contributed by atoms with Crippen molar-refractivity contribution in [2.75, 3.05) is 17.8 Å². The Morgan fingerprint density at radius 2 is 2.23 bits per heavy atom. The molecule has 0 amide bonds. The van der Waals surface area contributed by atoms with E-state index in [1.54, 1.807) is 4.31 Å². The Kier molecular flexibility index (Phi) is 4.19. The van der Waals surface area contributed by atoms with Crippen LogP contribution in [0.5, 0.6) is 0 Å². The minimum Gasteiger partial charge on any atom is -0.211 e. The molecule has 3 nitrogen and oxygen atoms in total. The smallest absolute Gasteiger partial charge is 0.211 e. The summed E-state index contributed by atoms with van der Waals surface area (Å²) in [6.45, 7) is 3.57. The van der Waals surface area contributed by atoms with E-state index in [1.807, 2.05) is 0 Å². The summed E-state index contributed by atoms with van der Waals surface area (Å²) in [5.41, 5.74) is 0. The van der Waals surface area contributed by atoms with Crippen LogP contribution in [0.2, 0.25) is 0 Å². The lowest BCUT2D eigenvalue weighted by Crippen LogP contribution is -2.29. The summed E-state index contributed by atoms with van der Waals surface area (Å²) < 4.78 is 24.5. The number of alkyl halides is 1. The number of hydrogen-bond acceptors (Lipinski definition) is 2. The van der Waals surface area contributed by atoms with Gasteiger partial charge in [-0.2, -0.15) is 0 Å². The molecule has 0 aromatic heterocycles. The van der Waals surface area contributed by atoms with Gasteiger partial charge in [-0.25, -0.2) is 12.7 Å². The Bertz CT molecular complexity index is 253. The van der Waals surface area contributed by atoms with Crippen LogP contribution in [0.4, 0.5) is 0 Å². The molecule has 0 radical (unpaired) electrons. The van der Waals surface area contributed by atoms with Gasteiger partial charge < -0.3 is 0 Å². The van der Waals surface area contributed by atoms with Crippen molar-refractivity contribution in [3.63, 3.8) is 0 Å². The minimum absolute atomic E-state index is 0.0544.